The number of rotatable bonds is 3. The van der Waals surface area contributed by atoms with E-state index in [0.717, 1.165) is 17.1 Å². The lowest BCUT2D eigenvalue weighted by atomic mass is 10.3. The van der Waals surface area contributed by atoms with Crippen molar-refractivity contribution < 1.29 is 13.2 Å². The van der Waals surface area contributed by atoms with E-state index in [-0.39, 0.29) is 6.54 Å². The van der Waals surface area contributed by atoms with Crippen LogP contribution in [0.3, 0.4) is 0 Å². The van der Waals surface area contributed by atoms with Crippen LogP contribution >= 0.6 is 11.6 Å². The summed E-state index contributed by atoms with van der Waals surface area (Å²) in [5.41, 5.74) is -0.348. The first-order chi connectivity index (χ1) is 8.90. The molecule has 0 aliphatic heterocycles. The number of alkyl halides is 3. The molecule has 2 rings (SSSR count). The van der Waals surface area contributed by atoms with Gasteiger partial charge in [0.15, 0.2) is 0 Å². The monoisotopic (exact) mass is 290 g/mol. The van der Waals surface area contributed by atoms with Gasteiger partial charge in [-0.3, -0.25) is 4.68 Å². The number of pyridine rings is 1. The minimum atomic E-state index is -4.40. The van der Waals surface area contributed by atoms with Gasteiger partial charge in [-0.2, -0.15) is 18.3 Å². The summed E-state index contributed by atoms with van der Waals surface area (Å²) in [7, 11) is 1.69. The summed E-state index contributed by atoms with van der Waals surface area (Å²) in [6, 6.07) is 3.31. The molecule has 19 heavy (non-hydrogen) atoms. The Labute approximate surface area is 112 Å². The first-order valence-electron chi connectivity index (χ1n) is 5.33. The van der Waals surface area contributed by atoms with Gasteiger partial charge in [-0.05, 0) is 12.1 Å². The fourth-order valence-electron chi connectivity index (χ4n) is 1.48. The lowest BCUT2D eigenvalue weighted by Gasteiger charge is -2.06. The highest BCUT2D eigenvalue weighted by atomic mass is 35.5. The van der Waals surface area contributed by atoms with Crippen LogP contribution in [0.5, 0.6) is 0 Å². The van der Waals surface area contributed by atoms with Crippen molar-refractivity contribution in [1.29, 1.82) is 0 Å². The van der Waals surface area contributed by atoms with E-state index in [4.69, 9.17) is 11.6 Å². The van der Waals surface area contributed by atoms with Crippen LogP contribution < -0.4 is 5.32 Å². The summed E-state index contributed by atoms with van der Waals surface area (Å²) in [6.45, 7) is 0.0738. The molecule has 0 radical (unpaired) electrons. The molecule has 102 valence electrons. The molecule has 0 aliphatic carbocycles. The molecule has 0 aliphatic rings. The molecule has 0 fully saturated rings. The topological polar surface area (TPSA) is 42.7 Å². The van der Waals surface area contributed by atoms with E-state index >= 15 is 0 Å². The molecule has 2 heterocycles. The molecule has 0 spiro atoms. The van der Waals surface area contributed by atoms with Gasteiger partial charge in [-0.25, -0.2) is 4.98 Å². The molecule has 0 bridgehead atoms. The number of nitrogens with zero attached hydrogens (tertiary/aromatic N) is 3. The second-order valence-electron chi connectivity index (χ2n) is 3.80. The molecule has 2 aromatic rings. The van der Waals surface area contributed by atoms with Crippen LogP contribution in [-0.2, 0) is 12.7 Å². The van der Waals surface area contributed by atoms with Crippen molar-refractivity contribution in [2.24, 2.45) is 0 Å². The van der Waals surface area contributed by atoms with Crippen molar-refractivity contribution in [3.05, 3.63) is 40.8 Å². The van der Waals surface area contributed by atoms with E-state index in [1.54, 1.807) is 19.2 Å². The number of anilines is 1. The van der Waals surface area contributed by atoms with Gasteiger partial charge in [0.1, 0.15) is 5.82 Å². The highest BCUT2D eigenvalue weighted by molar-refractivity contribution is 6.31. The zero-order valence-corrected chi connectivity index (χ0v) is 10.6. The quantitative estimate of drug-likeness (QED) is 0.945. The Kier molecular flexibility index (Phi) is 3.66. The van der Waals surface area contributed by atoms with Crippen molar-refractivity contribution in [2.75, 3.05) is 12.4 Å². The van der Waals surface area contributed by atoms with Crippen LogP contribution in [-0.4, -0.2) is 21.8 Å². The van der Waals surface area contributed by atoms with Crippen LogP contribution in [0.4, 0.5) is 19.0 Å². The molecule has 0 unspecified atom stereocenters. The van der Waals surface area contributed by atoms with Crippen LogP contribution in [0, 0.1) is 0 Å². The first-order valence-corrected chi connectivity index (χ1v) is 5.71. The van der Waals surface area contributed by atoms with Gasteiger partial charge >= 0.3 is 6.18 Å². The van der Waals surface area contributed by atoms with Gasteiger partial charge in [0.05, 0.1) is 29.0 Å². The van der Waals surface area contributed by atoms with E-state index in [1.807, 2.05) is 0 Å². The normalized spacial score (nSPS) is 11.6. The third-order valence-corrected chi connectivity index (χ3v) is 2.79. The highest BCUT2D eigenvalue weighted by Crippen LogP contribution is 2.28. The Morgan fingerprint density at radius 3 is 2.68 bits per heavy atom. The Morgan fingerprint density at radius 1 is 1.37 bits per heavy atom. The zero-order valence-electron chi connectivity index (χ0n) is 9.87. The largest absolute Gasteiger partial charge is 0.419 e. The maximum Gasteiger partial charge on any atom is 0.419 e. The first kappa shape index (κ1) is 13.7. The Bertz CT molecular complexity index is 580. The van der Waals surface area contributed by atoms with Crippen molar-refractivity contribution in [1.82, 2.24) is 14.8 Å². The van der Waals surface area contributed by atoms with Gasteiger partial charge in [0.2, 0.25) is 0 Å². The minimum Gasteiger partial charge on any atom is -0.373 e. The molecule has 0 atom stereocenters. The zero-order chi connectivity index (χ0) is 14.0. The molecule has 2 aromatic heterocycles. The highest BCUT2D eigenvalue weighted by Gasteiger charge is 2.32. The Morgan fingerprint density at radius 2 is 2.11 bits per heavy atom. The summed E-state index contributed by atoms with van der Waals surface area (Å²) >= 11 is 5.95. The van der Waals surface area contributed by atoms with E-state index < -0.39 is 11.7 Å². The smallest absolute Gasteiger partial charge is 0.373 e. The summed E-state index contributed by atoms with van der Waals surface area (Å²) in [5.74, 6) is 0.586. The number of hydrogen-bond acceptors (Lipinski definition) is 3. The molecule has 4 nitrogen and oxygen atoms in total. The molecule has 8 heteroatoms. The van der Waals surface area contributed by atoms with E-state index in [0.29, 0.717) is 16.5 Å². The van der Waals surface area contributed by atoms with E-state index in [1.165, 1.54) is 0 Å². The minimum absolute atomic E-state index is 0.0738. The average Bonchev–Trinajstić information content (AvgIpc) is 2.80. The Balaban J connectivity index is 2.24. The molecule has 0 aromatic carbocycles. The predicted octanol–water partition coefficient (Wildman–Crippen LogP) is 3.04. The molecule has 0 amide bonds. The number of aromatic nitrogens is 3. The average molecular weight is 291 g/mol. The van der Waals surface area contributed by atoms with Crippen LogP contribution in [0.2, 0.25) is 5.02 Å². The predicted molar refractivity (Wildman–Crippen MR) is 65.1 cm³/mol. The maximum absolute atomic E-state index is 12.4. The van der Waals surface area contributed by atoms with Gasteiger partial charge in [0.25, 0.3) is 0 Å². The van der Waals surface area contributed by atoms with Crippen molar-refractivity contribution in [2.45, 2.75) is 12.7 Å². The van der Waals surface area contributed by atoms with Crippen molar-refractivity contribution in [3.63, 3.8) is 0 Å². The number of nitrogens with one attached hydrogen (secondary N) is 1. The standard InChI is InChI=1S/C11H10ClF3N4/c1-16-10-3-2-8(12)9(18-10)6-19-5-7(4-17-19)11(13,14)15/h2-5H,6H2,1H3,(H,16,18). The maximum atomic E-state index is 12.4. The van der Waals surface area contributed by atoms with Gasteiger partial charge in [0, 0.05) is 13.2 Å². The molecular formula is C11H10ClF3N4. The fourth-order valence-corrected chi connectivity index (χ4v) is 1.65. The summed E-state index contributed by atoms with van der Waals surface area (Å²) in [5, 5.41) is 6.86. The third kappa shape index (κ3) is 3.17. The van der Waals surface area contributed by atoms with Gasteiger partial charge in [-0.15, -0.1) is 0 Å². The van der Waals surface area contributed by atoms with E-state index in [2.05, 4.69) is 15.4 Å². The molecule has 0 saturated carbocycles. The molecule has 1 N–H and O–H groups in total. The lowest BCUT2D eigenvalue weighted by molar-refractivity contribution is -0.137. The lowest BCUT2D eigenvalue weighted by Crippen LogP contribution is -2.06. The van der Waals surface area contributed by atoms with Gasteiger partial charge < -0.3 is 5.32 Å². The summed E-state index contributed by atoms with van der Waals surface area (Å²) < 4.78 is 38.4. The summed E-state index contributed by atoms with van der Waals surface area (Å²) in [4.78, 5) is 4.17. The second-order valence-corrected chi connectivity index (χ2v) is 4.21. The number of halogens is 4. The van der Waals surface area contributed by atoms with Crippen molar-refractivity contribution in [3.8, 4) is 0 Å². The SMILES string of the molecule is CNc1ccc(Cl)c(Cn2cc(C(F)(F)F)cn2)n1. The molecular weight excluding hydrogens is 281 g/mol. The van der Waals surface area contributed by atoms with Crippen LogP contribution in [0.1, 0.15) is 11.3 Å². The summed E-state index contributed by atoms with van der Waals surface area (Å²) in [6.07, 6.45) is -2.71. The van der Waals surface area contributed by atoms with Crippen LogP contribution in [0.15, 0.2) is 24.5 Å². The molecule has 0 saturated heterocycles. The Hall–Kier alpha value is -1.76. The van der Waals surface area contributed by atoms with E-state index in [9.17, 15) is 13.2 Å². The third-order valence-electron chi connectivity index (χ3n) is 2.45. The van der Waals surface area contributed by atoms with Gasteiger partial charge in [-0.1, -0.05) is 11.6 Å². The second kappa shape index (κ2) is 5.08. The van der Waals surface area contributed by atoms with Crippen molar-refractivity contribution >= 4 is 17.4 Å². The van der Waals surface area contributed by atoms with Crippen LogP contribution in [0.25, 0.3) is 0 Å². The number of hydrogen-bond donors (Lipinski definition) is 1. The fraction of sp³-hybridized carbons (Fsp3) is 0.273.